The van der Waals surface area contributed by atoms with Gasteiger partial charge in [0.1, 0.15) is 17.4 Å². The number of ether oxygens (including phenoxy) is 2. The molecule has 1 amide bonds. The Morgan fingerprint density at radius 1 is 1.12 bits per heavy atom. The Bertz CT molecular complexity index is 2050. The number of halogens is 2. The van der Waals surface area contributed by atoms with Crippen molar-refractivity contribution < 1.29 is 33.0 Å². The number of aliphatic hydroxyl groups is 1. The van der Waals surface area contributed by atoms with E-state index >= 15 is 8.78 Å². The van der Waals surface area contributed by atoms with E-state index in [1.165, 1.54) is 49.6 Å². The van der Waals surface area contributed by atoms with Crippen LogP contribution in [0.1, 0.15) is 48.6 Å². The number of methoxy groups -OCH3 is 1. The number of imidazole rings is 1. The number of nitrogens with one attached hydrogen (secondary N) is 3. The summed E-state index contributed by atoms with van der Waals surface area (Å²) in [5.41, 5.74) is 2.59. The number of rotatable bonds is 3. The van der Waals surface area contributed by atoms with Crippen molar-refractivity contribution >= 4 is 34.9 Å². The number of carbonyl (C=O) groups excluding carboxylic acids is 2. The second-order valence-corrected chi connectivity index (χ2v) is 11.9. The van der Waals surface area contributed by atoms with Crippen LogP contribution >= 0.6 is 0 Å². The molecule has 4 N–H and O–H groups in total. The van der Waals surface area contributed by atoms with E-state index in [-0.39, 0.29) is 29.4 Å². The number of carbonyl (C=O) groups is 2. The number of hydrogen-bond acceptors (Lipinski definition) is 6. The van der Waals surface area contributed by atoms with Crippen LogP contribution in [0.5, 0.6) is 11.5 Å². The van der Waals surface area contributed by atoms with E-state index in [9.17, 15) is 14.7 Å². The Kier molecular flexibility index (Phi) is 9.22. The third-order valence-corrected chi connectivity index (χ3v) is 8.65. The third-order valence-electron chi connectivity index (χ3n) is 8.65. The van der Waals surface area contributed by atoms with Crippen LogP contribution in [0.4, 0.5) is 8.78 Å². The standard InChI is InChI=1S/C37H34F2N4O5/c1-37(23-6-3-5-22(17-23)8-13-34(46)47-2)15-4-7-24(44)20-41-33(45)12-10-27-26-14-16-40-31(26)19-30(39)35(27)48-25-9-11-29(38)28(18-25)36-42-21-32(37)43-36/h3,5-6,8-14,16-19,21,24,40,44H,4,7,15,20H2,1-2H3,(H,41,45)(H,42,43)/b12-10-,13-8+. The summed E-state index contributed by atoms with van der Waals surface area (Å²) in [7, 11) is 1.31. The van der Waals surface area contributed by atoms with E-state index < -0.39 is 35.0 Å². The molecule has 1 aliphatic rings. The second-order valence-electron chi connectivity index (χ2n) is 11.9. The number of amides is 1. The summed E-state index contributed by atoms with van der Waals surface area (Å²) in [4.78, 5) is 35.3. The van der Waals surface area contributed by atoms with Gasteiger partial charge >= 0.3 is 5.97 Å². The number of β-amino-alcohol motifs (C(OH)–C–C–N with tert-alkyl or cyclic N) is 1. The highest BCUT2D eigenvalue weighted by Gasteiger charge is 2.32. The van der Waals surface area contributed by atoms with Crippen molar-refractivity contribution in [1.82, 2.24) is 20.3 Å². The SMILES string of the molecule is COC(=O)/C=C/c1cccc(C2(C)CCCC(O)CNC(=O)/C=C\c3c(c(F)cc4[nH]ccc34)Oc3ccc(F)c(c3)-c3ncc2[nH]3)c1. The van der Waals surface area contributed by atoms with Crippen molar-refractivity contribution in [1.29, 1.82) is 0 Å². The minimum Gasteiger partial charge on any atom is -0.466 e. The molecule has 1 aliphatic heterocycles. The van der Waals surface area contributed by atoms with Crippen LogP contribution in [0.2, 0.25) is 0 Å². The van der Waals surface area contributed by atoms with Gasteiger partial charge in [-0.05, 0) is 73.7 Å². The van der Waals surface area contributed by atoms with Gasteiger partial charge in [0.05, 0.1) is 18.8 Å². The molecule has 0 radical (unpaired) electrons. The minimum absolute atomic E-state index is 0.0130. The smallest absolute Gasteiger partial charge is 0.330 e. The molecule has 0 fully saturated rings. The number of aliphatic hydroxyl groups excluding tert-OH is 1. The first kappa shape index (κ1) is 32.4. The van der Waals surface area contributed by atoms with Gasteiger partial charge in [0, 0.05) is 64.7 Å². The first-order chi connectivity index (χ1) is 23.1. The zero-order valence-corrected chi connectivity index (χ0v) is 26.3. The zero-order valence-electron chi connectivity index (χ0n) is 26.3. The largest absolute Gasteiger partial charge is 0.466 e. The van der Waals surface area contributed by atoms with Crippen molar-refractivity contribution in [3.63, 3.8) is 0 Å². The molecule has 9 nitrogen and oxygen atoms in total. The molecule has 0 saturated carbocycles. The molecule has 6 rings (SSSR count). The van der Waals surface area contributed by atoms with E-state index in [0.717, 1.165) is 11.1 Å². The first-order valence-electron chi connectivity index (χ1n) is 15.5. The van der Waals surface area contributed by atoms with Crippen LogP contribution in [0.3, 0.4) is 0 Å². The van der Waals surface area contributed by atoms with Crippen LogP contribution in [0.15, 0.2) is 79.1 Å². The fraction of sp³-hybridized carbons (Fsp3) is 0.216. The molecule has 246 valence electrons. The lowest BCUT2D eigenvalue weighted by molar-refractivity contribution is -0.134. The number of benzene rings is 3. The van der Waals surface area contributed by atoms with Crippen LogP contribution < -0.4 is 10.1 Å². The van der Waals surface area contributed by atoms with Crippen LogP contribution in [0, 0.1) is 11.6 Å². The maximum absolute atomic E-state index is 15.5. The molecule has 2 unspecified atom stereocenters. The fourth-order valence-corrected chi connectivity index (χ4v) is 5.94. The van der Waals surface area contributed by atoms with Gasteiger partial charge in [-0.2, -0.15) is 0 Å². The fourth-order valence-electron chi connectivity index (χ4n) is 5.94. The van der Waals surface area contributed by atoms with E-state index in [4.69, 9.17) is 9.47 Å². The summed E-state index contributed by atoms with van der Waals surface area (Å²) in [5.74, 6) is -1.94. The average molecular weight is 653 g/mol. The lowest BCUT2D eigenvalue weighted by Crippen LogP contribution is -2.31. The minimum atomic E-state index is -0.833. The number of hydrogen-bond donors (Lipinski definition) is 4. The molecule has 3 heterocycles. The van der Waals surface area contributed by atoms with E-state index in [0.29, 0.717) is 41.4 Å². The van der Waals surface area contributed by atoms with Crippen molar-refractivity contribution in [3.8, 4) is 22.9 Å². The highest BCUT2D eigenvalue weighted by molar-refractivity contribution is 5.97. The second kappa shape index (κ2) is 13.7. The van der Waals surface area contributed by atoms with Crippen molar-refractivity contribution in [2.45, 2.75) is 37.7 Å². The highest BCUT2D eigenvalue weighted by atomic mass is 19.1. The Balaban J connectivity index is 1.44. The van der Waals surface area contributed by atoms with Crippen molar-refractivity contribution in [2.24, 2.45) is 0 Å². The summed E-state index contributed by atoms with van der Waals surface area (Å²) in [6.07, 6.45) is 9.67. The molecule has 3 aromatic carbocycles. The Morgan fingerprint density at radius 3 is 2.81 bits per heavy atom. The van der Waals surface area contributed by atoms with Gasteiger partial charge in [0.2, 0.25) is 5.91 Å². The van der Waals surface area contributed by atoms with E-state index in [1.54, 1.807) is 24.5 Å². The predicted molar refractivity (Wildman–Crippen MR) is 178 cm³/mol. The highest BCUT2D eigenvalue weighted by Crippen LogP contribution is 2.40. The van der Waals surface area contributed by atoms with Gasteiger partial charge in [0.25, 0.3) is 0 Å². The van der Waals surface area contributed by atoms with Gasteiger partial charge in [-0.1, -0.05) is 24.3 Å². The van der Waals surface area contributed by atoms with Gasteiger partial charge < -0.3 is 29.9 Å². The van der Waals surface area contributed by atoms with Crippen molar-refractivity contribution in [3.05, 3.63) is 113 Å². The van der Waals surface area contributed by atoms with E-state index in [2.05, 4.69) is 20.3 Å². The molecule has 11 heteroatoms. The maximum Gasteiger partial charge on any atom is 0.330 e. The molecule has 5 aromatic rings. The van der Waals surface area contributed by atoms with Gasteiger partial charge in [0.15, 0.2) is 11.6 Å². The normalized spacial score (nSPS) is 19.4. The number of aromatic nitrogens is 3. The van der Waals surface area contributed by atoms with Crippen LogP contribution in [-0.2, 0) is 19.7 Å². The summed E-state index contributed by atoms with van der Waals surface area (Å²) in [6, 6.07) is 14.7. The zero-order chi connectivity index (χ0) is 33.8. The monoisotopic (exact) mass is 652 g/mol. The molecule has 48 heavy (non-hydrogen) atoms. The predicted octanol–water partition coefficient (Wildman–Crippen LogP) is 6.79. The number of H-pyrrole nitrogens is 2. The lowest BCUT2D eigenvalue weighted by atomic mass is 9.75. The first-order valence-corrected chi connectivity index (χ1v) is 15.5. The lowest BCUT2D eigenvalue weighted by Gasteiger charge is -2.30. The molecule has 0 spiro atoms. The Morgan fingerprint density at radius 2 is 1.98 bits per heavy atom. The Hall–Kier alpha value is -5.55. The quantitative estimate of drug-likeness (QED) is 0.125. The summed E-state index contributed by atoms with van der Waals surface area (Å²) in [5, 5.41) is 14.1. The number of nitrogens with zero attached hydrogens (tertiary/aromatic N) is 1. The molecule has 2 atom stereocenters. The molecular weight excluding hydrogens is 618 g/mol. The van der Waals surface area contributed by atoms with Crippen molar-refractivity contribution in [2.75, 3.05) is 13.7 Å². The molecule has 0 saturated heterocycles. The van der Waals surface area contributed by atoms with Gasteiger partial charge in [-0.25, -0.2) is 18.6 Å². The van der Waals surface area contributed by atoms with Gasteiger partial charge in [-0.15, -0.1) is 0 Å². The number of aromatic amines is 2. The number of esters is 1. The maximum atomic E-state index is 15.5. The van der Waals surface area contributed by atoms with Crippen LogP contribution in [0.25, 0.3) is 34.4 Å². The summed E-state index contributed by atoms with van der Waals surface area (Å²) >= 11 is 0. The summed E-state index contributed by atoms with van der Waals surface area (Å²) in [6.45, 7) is 2.03. The third kappa shape index (κ3) is 6.77. The molecular formula is C37H34F2N4O5. The van der Waals surface area contributed by atoms with Crippen LogP contribution in [-0.4, -0.2) is 51.7 Å². The molecule has 2 aromatic heterocycles. The number of fused-ring (bicyclic) bond motifs is 8. The Labute approximate surface area is 275 Å². The summed E-state index contributed by atoms with van der Waals surface area (Å²) < 4.78 is 41.6. The van der Waals surface area contributed by atoms with E-state index in [1.807, 2.05) is 31.2 Å². The van der Waals surface area contributed by atoms with Gasteiger partial charge in [-0.3, -0.25) is 4.79 Å². The molecule has 0 aliphatic carbocycles. The topological polar surface area (TPSA) is 129 Å². The molecule has 4 bridgehead atoms. The average Bonchev–Trinajstić information content (AvgIpc) is 3.77.